The highest BCUT2D eigenvalue weighted by atomic mass is 127. The highest BCUT2D eigenvalue weighted by molar-refractivity contribution is 14.1. The molecule has 0 unspecified atom stereocenters. The molecule has 0 aliphatic carbocycles. The van der Waals surface area contributed by atoms with Crippen molar-refractivity contribution in [2.24, 2.45) is 0 Å². The predicted octanol–water partition coefficient (Wildman–Crippen LogP) is 3.82. The van der Waals surface area contributed by atoms with Gasteiger partial charge in [0.05, 0.1) is 0 Å². The van der Waals surface area contributed by atoms with Crippen LogP contribution in [0.15, 0.2) is 28.3 Å². The molecule has 3 heteroatoms. The Labute approximate surface area is 93.7 Å². The molecule has 0 spiro atoms. The molecule has 0 N–H and O–H groups in total. The molecule has 0 saturated heterocycles. The van der Waals surface area contributed by atoms with E-state index in [1.807, 2.05) is 57.4 Å². The van der Waals surface area contributed by atoms with E-state index in [2.05, 4.69) is 22.6 Å². The molecule has 1 aromatic rings. The van der Waals surface area contributed by atoms with Gasteiger partial charge in [0.15, 0.2) is 23.0 Å². The van der Waals surface area contributed by atoms with Crippen LogP contribution in [0.4, 0.5) is 0 Å². The Balaban J connectivity index is 2.82. The van der Waals surface area contributed by atoms with E-state index in [4.69, 9.17) is 3.07 Å². The smallest absolute Gasteiger partial charge is 0.192 e. The average Bonchev–Trinajstić information content (AvgIpc) is 2.07. The Morgan fingerprint density at radius 2 is 1.82 bits per heavy atom. The summed E-state index contributed by atoms with van der Waals surface area (Å²) in [6.45, 7) is 0. The van der Waals surface area contributed by atoms with Gasteiger partial charge in [-0.1, -0.05) is 34.7 Å². The molecule has 0 amide bonds. The summed E-state index contributed by atoms with van der Waals surface area (Å²) in [5, 5.41) is 0. The zero-order valence-corrected chi connectivity index (χ0v) is 9.94. The quantitative estimate of drug-likeness (QED) is 0.718. The molecular weight excluding hydrogens is 366 g/mol. The highest BCUT2D eigenvalue weighted by Gasteiger charge is 1.89. The third-order valence-corrected chi connectivity index (χ3v) is 2.09. The maximum absolute atomic E-state index is 4.99. The number of halogens is 2. The minimum Gasteiger partial charge on any atom is -0.428 e. The third-order valence-electron chi connectivity index (χ3n) is 1.22. The van der Waals surface area contributed by atoms with Gasteiger partial charge >= 0.3 is 0 Å². The van der Waals surface area contributed by atoms with Crippen LogP contribution in [0.2, 0.25) is 0 Å². The topological polar surface area (TPSA) is 9.23 Å². The van der Waals surface area contributed by atoms with Crippen LogP contribution in [0.25, 0.3) is 6.08 Å². The molecular formula is C8H6I2O. The lowest BCUT2D eigenvalue weighted by Gasteiger charge is -1.95. The molecule has 0 heterocycles. The zero-order chi connectivity index (χ0) is 8.10. The molecule has 0 fully saturated rings. The molecule has 11 heavy (non-hydrogen) atoms. The Morgan fingerprint density at radius 3 is 2.27 bits per heavy atom. The molecule has 0 aliphatic rings. The van der Waals surface area contributed by atoms with Gasteiger partial charge in [-0.3, -0.25) is 0 Å². The first-order chi connectivity index (χ1) is 5.36. The van der Waals surface area contributed by atoms with Gasteiger partial charge in [-0.05, 0) is 27.9 Å². The summed E-state index contributed by atoms with van der Waals surface area (Å²) >= 11 is 4.06. The largest absolute Gasteiger partial charge is 0.428 e. The van der Waals surface area contributed by atoms with Crippen molar-refractivity contribution in [3.05, 3.63) is 33.9 Å². The monoisotopic (exact) mass is 372 g/mol. The van der Waals surface area contributed by atoms with Gasteiger partial charge in [0.2, 0.25) is 0 Å². The minimum atomic E-state index is 0.885. The number of hydrogen-bond donors (Lipinski definition) is 0. The van der Waals surface area contributed by atoms with Gasteiger partial charge in [0, 0.05) is 0 Å². The van der Waals surface area contributed by atoms with Crippen LogP contribution in [0, 0.1) is 0 Å². The summed E-state index contributed by atoms with van der Waals surface area (Å²) in [7, 11) is 0. The minimum absolute atomic E-state index is 0.885. The Kier molecular flexibility index (Phi) is 4.21. The first-order valence-corrected chi connectivity index (χ1v) is 5.15. The van der Waals surface area contributed by atoms with Crippen LogP contribution in [-0.4, -0.2) is 0 Å². The van der Waals surface area contributed by atoms with Crippen molar-refractivity contribution in [1.29, 1.82) is 0 Å². The summed E-state index contributed by atoms with van der Waals surface area (Å²) in [5.41, 5.74) is 1.19. The van der Waals surface area contributed by atoms with Crippen LogP contribution in [0.3, 0.4) is 0 Å². The zero-order valence-electron chi connectivity index (χ0n) is 5.63. The van der Waals surface area contributed by atoms with Gasteiger partial charge in [-0.25, -0.2) is 0 Å². The summed E-state index contributed by atoms with van der Waals surface area (Å²) < 4.78 is 6.98. The average molecular weight is 372 g/mol. The van der Waals surface area contributed by atoms with Crippen LogP contribution < -0.4 is 3.07 Å². The summed E-state index contributed by atoms with van der Waals surface area (Å²) in [4.78, 5) is 0. The maximum atomic E-state index is 4.99. The van der Waals surface area contributed by atoms with Gasteiger partial charge in [-0.15, -0.1) is 0 Å². The van der Waals surface area contributed by atoms with E-state index >= 15 is 0 Å². The standard InChI is InChI=1S/C8H6I2O/c9-6-5-7-1-3-8(11-10)4-2-7/h1-6H/b6-5+. The Hall–Kier alpha value is 0.220. The van der Waals surface area contributed by atoms with Crippen molar-refractivity contribution in [2.45, 2.75) is 0 Å². The third kappa shape index (κ3) is 2.98. The Bertz CT molecular complexity index is 241. The number of rotatable bonds is 2. The molecule has 0 aromatic heterocycles. The van der Waals surface area contributed by atoms with Crippen molar-refractivity contribution in [3.63, 3.8) is 0 Å². The van der Waals surface area contributed by atoms with Crippen molar-refractivity contribution in [2.75, 3.05) is 0 Å². The first kappa shape index (κ1) is 9.31. The summed E-state index contributed by atoms with van der Waals surface area (Å²) in [6.07, 6.45) is 2.04. The fraction of sp³-hybridized carbons (Fsp3) is 0. The van der Waals surface area contributed by atoms with E-state index in [1.54, 1.807) is 0 Å². The fourth-order valence-electron chi connectivity index (χ4n) is 0.703. The van der Waals surface area contributed by atoms with Gasteiger partial charge in [0.25, 0.3) is 0 Å². The van der Waals surface area contributed by atoms with Gasteiger partial charge in [-0.2, -0.15) is 0 Å². The number of hydrogen-bond acceptors (Lipinski definition) is 1. The first-order valence-electron chi connectivity index (χ1n) is 3.02. The number of benzene rings is 1. The summed E-state index contributed by atoms with van der Waals surface area (Å²) in [5.74, 6) is 0.885. The Morgan fingerprint density at radius 1 is 1.18 bits per heavy atom. The molecule has 58 valence electrons. The lowest BCUT2D eigenvalue weighted by atomic mass is 10.2. The van der Waals surface area contributed by atoms with E-state index in [-0.39, 0.29) is 0 Å². The van der Waals surface area contributed by atoms with Gasteiger partial charge < -0.3 is 3.07 Å². The predicted molar refractivity (Wildman–Crippen MR) is 64.1 cm³/mol. The van der Waals surface area contributed by atoms with Crippen molar-refractivity contribution in [3.8, 4) is 5.75 Å². The fourth-order valence-corrected chi connectivity index (χ4v) is 1.41. The van der Waals surface area contributed by atoms with E-state index in [0.717, 1.165) is 5.75 Å². The van der Waals surface area contributed by atoms with E-state index in [1.165, 1.54) is 5.56 Å². The van der Waals surface area contributed by atoms with Crippen LogP contribution in [0.1, 0.15) is 5.56 Å². The maximum Gasteiger partial charge on any atom is 0.192 e. The molecule has 1 nitrogen and oxygen atoms in total. The second kappa shape index (κ2) is 4.97. The van der Waals surface area contributed by atoms with Crippen molar-refractivity contribution >= 4 is 51.7 Å². The van der Waals surface area contributed by atoms with E-state index in [9.17, 15) is 0 Å². The van der Waals surface area contributed by atoms with Crippen LogP contribution in [-0.2, 0) is 0 Å². The normalized spacial score (nSPS) is 10.4. The molecule has 1 aromatic carbocycles. The molecule has 0 aliphatic heterocycles. The molecule has 1 rings (SSSR count). The highest BCUT2D eigenvalue weighted by Crippen LogP contribution is 2.15. The lowest BCUT2D eigenvalue weighted by Crippen LogP contribution is -1.73. The second-order valence-corrected chi connectivity index (χ2v) is 3.10. The van der Waals surface area contributed by atoms with Crippen LogP contribution in [0.5, 0.6) is 5.75 Å². The SMILES string of the molecule is I/C=C/c1ccc(OI)cc1. The molecule has 0 saturated carbocycles. The molecule has 0 radical (unpaired) electrons. The van der Waals surface area contributed by atoms with E-state index in [0.29, 0.717) is 0 Å². The van der Waals surface area contributed by atoms with Crippen molar-refractivity contribution in [1.82, 2.24) is 0 Å². The molecule has 0 atom stereocenters. The van der Waals surface area contributed by atoms with Crippen molar-refractivity contribution < 1.29 is 3.07 Å². The second-order valence-electron chi connectivity index (χ2n) is 1.94. The van der Waals surface area contributed by atoms with Gasteiger partial charge in [0.1, 0.15) is 5.75 Å². The van der Waals surface area contributed by atoms with E-state index < -0.39 is 0 Å². The van der Waals surface area contributed by atoms with Crippen LogP contribution >= 0.6 is 45.6 Å². The lowest BCUT2D eigenvalue weighted by molar-refractivity contribution is 0.717. The molecule has 0 bridgehead atoms. The summed E-state index contributed by atoms with van der Waals surface area (Å²) in [6, 6.07) is 7.92.